The third-order valence-corrected chi connectivity index (χ3v) is 13.1. The van der Waals surface area contributed by atoms with E-state index in [9.17, 15) is 0 Å². The van der Waals surface area contributed by atoms with Crippen molar-refractivity contribution in [2.75, 3.05) is 9.80 Å². The molecule has 0 radical (unpaired) electrons. The summed E-state index contributed by atoms with van der Waals surface area (Å²) in [6.45, 7) is 0. The maximum absolute atomic E-state index is 4.71. The van der Waals surface area contributed by atoms with Gasteiger partial charge in [-0.1, -0.05) is 97.1 Å². The molecule has 4 heteroatoms. The molecule has 6 aliphatic rings. The molecule has 0 saturated carbocycles. The summed E-state index contributed by atoms with van der Waals surface area (Å²) in [5, 5.41) is 0. The average Bonchev–Trinajstić information content (AvgIpc) is 3.83. The molecule has 0 fully saturated rings. The molecule has 0 N–H and O–H groups in total. The predicted molar refractivity (Wildman–Crippen MR) is 226 cm³/mol. The van der Waals surface area contributed by atoms with Crippen molar-refractivity contribution >= 4 is 34.1 Å². The van der Waals surface area contributed by atoms with Crippen LogP contribution in [0, 0.1) is 0 Å². The molecule has 6 aromatic carbocycles. The third-order valence-electron chi connectivity index (χ3n) is 13.1. The molecule has 2 aromatic heterocycles. The molecule has 56 heavy (non-hydrogen) atoms. The number of rotatable bonds is 0. The zero-order chi connectivity index (χ0) is 36.5. The van der Waals surface area contributed by atoms with Gasteiger partial charge in [0.15, 0.2) is 0 Å². The summed E-state index contributed by atoms with van der Waals surface area (Å²) in [5.41, 5.74) is 30.6. The first-order valence-electron chi connectivity index (χ1n) is 19.9. The van der Waals surface area contributed by atoms with E-state index in [1.807, 2.05) is 18.6 Å². The quantitative estimate of drug-likeness (QED) is 0.156. The highest BCUT2D eigenvalue weighted by molar-refractivity contribution is 5.96. The van der Waals surface area contributed by atoms with Crippen LogP contribution >= 0.6 is 0 Å². The molecule has 0 unspecified atom stereocenters. The lowest BCUT2D eigenvalue weighted by Crippen LogP contribution is -2.25. The Hall–Kier alpha value is -6.78. The fourth-order valence-electron chi connectivity index (χ4n) is 10.8. The van der Waals surface area contributed by atoms with Gasteiger partial charge in [-0.25, -0.2) is 0 Å². The van der Waals surface area contributed by atoms with Crippen molar-refractivity contribution in [3.8, 4) is 22.3 Å². The molecule has 0 bridgehead atoms. The standard InChI is InChI=1S/2C26H18N2/c1-2-8-20-16(5-1)13-17-10-11-23-21(25(17)20)14-18-6-3-7-19-15-22-24(9-4-12-27-22)28(23)26(18)19;1-2-7-21-16(4-1)12-17-8-9-24-22(25(17)21)14-19-6-3-5-18-13-20-15-27-11-10-23(20)28(24)26(18)19/h1-12H,13-15H2;1-11,15H,12-14H2. The number of hydrogen-bond acceptors (Lipinski definition) is 4. The minimum Gasteiger partial charge on any atom is -0.309 e. The van der Waals surface area contributed by atoms with E-state index in [0.29, 0.717) is 0 Å². The van der Waals surface area contributed by atoms with Crippen LogP contribution < -0.4 is 9.80 Å². The number of aromatic nitrogens is 2. The van der Waals surface area contributed by atoms with Crippen molar-refractivity contribution in [2.24, 2.45) is 0 Å². The van der Waals surface area contributed by atoms with E-state index in [1.54, 1.807) is 0 Å². The van der Waals surface area contributed by atoms with Crippen molar-refractivity contribution in [1.29, 1.82) is 0 Å². The fourth-order valence-corrected chi connectivity index (χ4v) is 10.8. The maximum atomic E-state index is 4.71. The van der Waals surface area contributed by atoms with Gasteiger partial charge in [0, 0.05) is 44.3 Å². The zero-order valence-corrected chi connectivity index (χ0v) is 30.9. The van der Waals surface area contributed by atoms with Gasteiger partial charge in [0.1, 0.15) is 0 Å². The van der Waals surface area contributed by atoms with Crippen molar-refractivity contribution in [2.45, 2.75) is 38.5 Å². The highest BCUT2D eigenvalue weighted by Gasteiger charge is 2.36. The van der Waals surface area contributed by atoms with Gasteiger partial charge in [-0.05, 0) is 127 Å². The predicted octanol–water partition coefficient (Wildman–Crippen LogP) is 11.9. The third kappa shape index (κ3) is 4.19. The molecule has 0 saturated heterocycles. The number of benzene rings is 6. The topological polar surface area (TPSA) is 32.3 Å². The van der Waals surface area contributed by atoms with E-state index in [2.05, 4.69) is 142 Å². The fraction of sp³-hybridized carbons (Fsp3) is 0.115. The van der Waals surface area contributed by atoms with Crippen LogP contribution in [0.25, 0.3) is 22.3 Å². The molecular weight excluding hydrogens is 681 g/mol. The molecule has 0 atom stereocenters. The summed E-state index contributed by atoms with van der Waals surface area (Å²) in [6.07, 6.45) is 11.8. The van der Waals surface area contributed by atoms with Crippen LogP contribution in [-0.4, -0.2) is 9.97 Å². The smallest absolute Gasteiger partial charge is 0.0688 e. The van der Waals surface area contributed by atoms with Crippen LogP contribution in [0.2, 0.25) is 0 Å². The molecule has 8 aromatic rings. The molecule has 6 heterocycles. The summed E-state index contributed by atoms with van der Waals surface area (Å²) < 4.78 is 0. The normalized spacial score (nSPS) is 14.6. The van der Waals surface area contributed by atoms with Gasteiger partial charge < -0.3 is 9.80 Å². The number of para-hydroxylation sites is 2. The minimum absolute atomic E-state index is 0.916. The Morgan fingerprint density at radius 1 is 0.357 bits per heavy atom. The summed E-state index contributed by atoms with van der Waals surface area (Å²) in [4.78, 5) is 14.1. The average molecular weight is 717 g/mol. The Balaban J connectivity index is 0.000000118. The van der Waals surface area contributed by atoms with Crippen LogP contribution in [0.4, 0.5) is 34.1 Å². The van der Waals surface area contributed by atoms with Crippen molar-refractivity contribution in [3.05, 3.63) is 213 Å². The first kappa shape index (κ1) is 30.5. The lowest BCUT2D eigenvalue weighted by molar-refractivity contribution is 0.971. The summed E-state index contributed by atoms with van der Waals surface area (Å²) in [5.74, 6) is 0. The Morgan fingerprint density at radius 3 is 1.54 bits per heavy atom. The van der Waals surface area contributed by atoms with Gasteiger partial charge >= 0.3 is 0 Å². The highest BCUT2D eigenvalue weighted by atomic mass is 15.2. The lowest BCUT2D eigenvalue weighted by atomic mass is 9.84. The van der Waals surface area contributed by atoms with Crippen molar-refractivity contribution in [3.63, 3.8) is 0 Å². The Kier molecular flexibility index (Phi) is 6.20. The maximum Gasteiger partial charge on any atom is 0.0688 e. The zero-order valence-electron chi connectivity index (χ0n) is 30.9. The number of fused-ring (bicyclic) bond motifs is 16. The molecule has 4 aliphatic heterocycles. The van der Waals surface area contributed by atoms with E-state index in [0.717, 1.165) is 38.5 Å². The van der Waals surface area contributed by atoms with Gasteiger partial charge in [-0.15, -0.1) is 0 Å². The van der Waals surface area contributed by atoms with Crippen LogP contribution in [0.15, 0.2) is 146 Å². The number of pyridine rings is 2. The van der Waals surface area contributed by atoms with E-state index in [1.165, 1.54) is 123 Å². The van der Waals surface area contributed by atoms with Crippen LogP contribution in [0.5, 0.6) is 0 Å². The highest BCUT2D eigenvalue weighted by Crippen LogP contribution is 2.55. The Bertz CT molecular complexity index is 2810. The SMILES string of the molecule is c1ccc2c(c1)Cc1ccc3c(c1-2)Cc1cccc2c1N3c1cccnc1C2.c1ccc2c(c1)Cc1ccc3c(c1-2)Cc1cccc2c1N3c1ccncc1C2. The lowest BCUT2D eigenvalue weighted by Gasteiger charge is -2.40. The van der Waals surface area contributed by atoms with Crippen molar-refractivity contribution < 1.29 is 0 Å². The first-order valence-corrected chi connectivity index (χ1v) is 19.9. The van der Waals surface area contributed by atoms with Crippen LogP contribution in [0.3, 0.4) is 0 Å². The monoisotopic (exact) mass is 716 g/mol. The van der Waals surface area contributed by atoms with Gasteiger partial charge in [0.25, 0.3) is 0 Å². The van der Waals surface area contributed by atoms with E-state index < -0.39 is 0 Å². The second-order valence-corrected chi connectivity index (χ2v) is 16.1. The largest absolute Gasteiger partial charge is 0.309 e. The molecular formula is C52H36N4. The second kappa shape index (κ2) is 11.4. The molecule has 0 spiro atoms. The minimum atomic E-state index is 0.916. The first-order chi connectivity index (χ1) is 27.8. The summed E-state index contributed by atoms with van der Waals surface area (Å²) >= 11 is 0. The van der Waals surface area contributed by atoms with Gasteiger partial charge in [-0.2, -0.15) is 0 Å². The van der Waals surface area contributed by atoms with Gasteiger partial charge in [0.05, 0.1) is 39.8 Å². The Labute approximate surface area is 326 Å². The molecule has 264 valence electrons. The molecule has 14 rings (SSSR count). The van der Waals surface area contributed by atoms with Gasteiger partial charge in [0.2, 0.25) is 0 Å². The van der Waals surface area contributed by atoms with E-state index >= 15 is 0 Å². The van der Waals surface area contributed by atoms with E-state index in [-0.39, 0.29) is 0 Å². The molecule has 0 amide bonds. The summed E-state index contributed by atoms with van der Waals surface area (Å²) in [6, 6.07) is 47.2. The number of anilines is 6. The van der Waals surface area contributed by atoms with Crippen LogP contribution in [0.1, 0.15) is 66.9 Å². The number of nitrogens with zero attached hydrogens (tertiary/aromatic N) is 4. The summed E-state index contributed by atoms with van der Waals surface area (Å²) in [7, 11) is 0. The van der Waals surface area contributed by atoms with Crippen molar-refractivity contribution in [1.82, 2.24) is 9.97 Å². The number of hydrogen-bond donors (Lipinski definition) is 0. The van der Waals surface area contributed by atoms with Gasteiger partial charge in [-0.3, -0.25) is 9.97 Å². The molecule has 2 aliphatic carbocycles. The van der Waals surface area contributed by atoms with E-state index in [4.69, 9.17) is 4.98 Å². The van der Waals surface area contributed by atoms with Crippen LogP contribution in [-0.2, 0) is 38.5 Å². The second-order valence-electron chi connectivity index (χ2n) is 16.1. The molecule has 4 nitrogen and oxygen atoms in total. The Morgan fingerprint density at radius 2 is 0.893 bits per heavy atom.